The highest BCUT2D eigenvalue weighted by molar-refractivity contribution is 5.92. The van der Waals surface area contributed by atoms with Crippen LogP contribution in [0.4, 0.5) is 0 Å². The summed E-state index contributed by atoms with van der Waals surface area (Å²) in [5.74, 6) is 0.647. The number of Topliss-reactive ketones (excluding diaryl/α,β-unsaturated/α-hetero) is 1. The van der Waals surface area contributed by atoms with Crippen LogP contribution < -0.4 is 4.74 Å². The second-order valence-electron chi connectivity index (χ2n) is 2.37. The first kappa shape index (κ1) is 8.71. The number of ether oxygens (including phenoxy) is 1. The van der Waals surface area contributed by atoms with E-state index in [9.17, 15) is 4.79 Å². The first-order valence-corrected chi connectivity index (χ1v) is 3.84. The molecule has 0 unspecified atom stereocenters. The molecule has 0 radical (unpaired) electrons. The SMILES string of the molecule is CCOc1ccnc(C(C)=O)c1. The standard InChI is InChI=1S/C9H11NO2/c1-3-12-8-4-5-10-9(6-8)7(2)11/h4-6H,3H2,1-2H3. The van der Waals surface area contributed by atoms with Crippen molar-refractivity contribution in [2.75, 3.05) is 6.61 Å². The van der Waals surface area contributed by atoms with Crippen molar-refractivity contribution in [1.29, 1.82) is 0 Å². The molecule has 12 heavy (non-hydrogen) atoms. The van der Waals surface area contributed by atoms with Gasteiger partial charge in [0.05, 0.1) is 6.61 Å². The maximum absolute atomic E-state index is 10.9. The minimum Gasteiger partial charge on any atom is -0.494 e. The molecule has 0 aliphatic heterocycles. The van der Waals surface area contributed by atoms with Crippen LogP contribution in [-0.4, -0.2) is 17.4 Å². The zero-order valence-corrected chi connectivity index (χ0v) is 7.20. The van der Waals surface area contributed by atoms with E-state index in [1.807, 2.05) is 6.92 Å². The zero-order valence-electron chi connectivity index (χ0n) is 7.20. The van der Waals surface area contributed by atoms with Crippen molar-refractivity contribution >= 4 is 5.78 Å². The van der Waals surface area contributed by atoms with Crippen molar-refractivity contribution in [3.63, 3.8) is 0 Å². The van der Waals surface area contributed by atoms with Crippen molar-refractivity contribution < 1.29 is 9.53 Å². The minimum absolute atomic E-state index is 0.0449. The quantitative estimate of drug-likeness (QED) is 0.640. The average Bonchev–Trinajstić information content (AvgIpc) is 2.05. The summed E-state index contributed by atoms with van der Waals surface area (Å²) in [5.41, 5.74) is 0.445. The molecular weight excluding hydrogens is 154 g/mol. The molecule has 0 fully saturated rings. The topological polar surface area (TPSA) is 39.2 Å². The third-order valence-corrected chi connectivity index (χ3v) is 1.40. The molecule has 0 saturated heterocycles. The van der Waals surface area contributed by atoms with E-state index in [0.29, 0.717) is 18.1 Å². The van der Waals surface area contributed by atoms with Crippen LogP contribution in [0.15, 0.2) is 18.3 Å². The van der Waals surface area contributed by atoms with E-state index in [1.54, 1.807) is 18.3 Å². The first-order chi connectivity index (χ1) is 5.74. The molecule has 0 spiro atoms. The van der Waals surface area contributed by atoms with Crippen molar-refractivity contribution in [3.05, 3.63) is 24.0 Å². The van der Waals surface area contributed by atoms with Crippen LogP contribution in [-0.2, 0) is 0 Å². The molecule has 1 rings (SSSR count). The molecule has 0 N–H and O–H groups in total. The van der Waals surface area contributed by atoms with Gasteiger partial charge in [-0.05, 0) is 13.0 Å². The number of aromatic nitrogens is 1. The Morgan fingerprint density at radius 3 is 3.00 bits per heavy atom. The Morgan fingerprint density at radius 1 is 1.67 bits per heavy atom. The van der Waals surface area contributed by atoms with Crippen molar-refractivity contribution in [2.24, 2.45) is 0 Å². The lowest BCUT2D eigenvalue weighted by Gasteiger charge is -2.02. The van der Waals surface area contributed by atoms with Gasteiger partial charge in [-0.15, -0.1) is 0 Å². The minimum atomic E-state index is -0.0449. The van der Waals surface area contributed by atoms with Crippen LogP contribution >= 0.6 is 0 Å². The van der Waals surface area contributed by atoms with Gasteiger partial charge in [0, 0.05) is 19.2 Å². The largest absolute Gasteiger partial charge is 0.494 e. The maximum Gasteiger partial charge on any atom is 0.178 e. The predicted octanol–water partition coefficient (Wildman–Crippen LogP) is 1.68. The summed E-state index contributed by atoms with van der Waals surface area (Å²) >= 11 is 0. The molecule has 3 nitrogen and oxygen atoms in total. The Kier molecular flexibility index (Phi) is 2.80. The smallest absolute Gasteiger partial charge is 0.178 e. The summed E-state index contributed by atoms with van der Waals surface area (Å²) in [5, 5.41) is 0. The Hall–Kier alpha value is -1.38. The Balaban J connectivity index is 2.88. The number of nitrogens with zero attached hydrogens (tertiary/aromatic N) is 1. The van der Waals surface area contributed by atoms with Crippen LogP contribution in [0.3, 0.4) is 0 Å². The van der Waals surface area contributed by atoms with Gasteiger partial charge in [0.25, 0.3) is 0 Å². The van der Waals surface area contributed by atoms with Crippen LogP contribution in [0, 0.1) is 0 Å². The van der Waals surface area contributed by atoms with E-state index >= 15 is 0 Å². The highest BCUT2D eigenvalue weighted by atomic mass is 16.5. The van der Waals surface area contributed by atoms with E-state index in [-0.39, 0.29) is 5.78 Å². The summed E-state index contributed by atoms with van der Waals surface area (Å²) in [6.07, 6.45) is 1.57. The summed E-state index contributed by atoms with van der Waals surface area (Å²) in [4.78, 5) is 14.8. The highest BCUT2D eigenvalue weighted by Gasteiger charge is 2.01. The highest BCUT2D eigenvalue weighted by Crippen LogP contribution is 2.10. The third kappa shape index (κ3) is 2.05. The van der Waals surface area contributed by atoms with Gasteiger partial charge >= 0.3 is 0 Å². The molecule has 1 aromatic rings. The fourth-order valence-corrected chi connectivity index (χ4v) is 0.860. The maximum atomic E-state index is 10.9. The van der Waals surface area contributed by atoms with Crippen LogP contribution in [0.1, 0.15) is 24.3 Å². The van der Waals surface area contributed by atoms with E-state index < -0.39 is 0 Å². The fourth-order valence-electron chi connectivity index (χ4n) is 0.860. The number of carbonyl (C=O) groups is 1. The summed E-state index contributed by atoms with van der Waals surface area (Å²) in [6.45, 7) is 3.98. The Labute approximate surface area is 71.4 Å². The fraction of sp³-hybridized carbons (Fsp3) is 0.333. The van der Waals surface area contributed by atoms with Gasteiger partial charge in [-0.25, -0.2) is 0 Å². The molecule has 1 aromatic heterocycles. The van der Waals surface area contributed by atoms with Crippen molar-refractivity contribution in [2.45, 2.75) is 13.8 Å². The lowest BCUT2D eigenvalue weighted by atomic mass is 10.3. The second-order valence-corrected chi connectivity index (χ2v) is 2.37. The molecule has 0 bridgehead atoms. The van der Waals surface area contributed by atoms with Gasteiger partial charge < -0.3 is 4.74 Å². The molecule has 0 saturated carbocycles. The summed E-state index contributed by atoms with van der Waals surface area (Å²) in [7, 11) is 0. The second kappa shape index (κ2) is 3.85. The van der Waals surface area contributed by atoms with Crippen LogP contribution in [0.5, 0.6) is 5.75 Å². The summed E-state index contributed by atoms with van der Waals surface area (Å²) < 4.78 is 5.20. The van der Waals surface area contributed by atoms with E-state index in [4.69, 9.17) is 4.74 Å². The number of hydrogen-bond acceptors (Lipinski definition) is 3. The molecule has 0 aromatic carbocycles. The number of ketones is 1. The molecule has 64 valence electrons. The van der Waals surface area contributed by atoms with Crippen molar-refractivity contribution in [3.8, 4) is 5.75 Å². The summed E-state index contributed by atoms with van der Waals surface area (Å²) in [6, 6.07) is 3.38. The number of hydrogen-bond donors (Lipinski definition) is 0. The number of rotatable bonds is 3. The molecule has 0 amide bonds. The van der Waals surface area contributed by atoms with Gasteiger partial charge in [-0.1, -0.05) is 0 Å². The monoisotopic (exact) mass is 165 g/mol. The van der Waals surface area contributed by atoms with Gasteiger partial charge in [-0.3, -0.25) is 9.78 Å². The Morgan fingerprint density at radius 2 is 2.42 bits per heavy atom. The first-order valence-electron chi connectivity index (χ1n) is 3.84. The van der Waals surface area contributed by atoms with Gasteiger partial charge in [-0.2, -0.15) is 0 Å². The average molecular weight is 165 g/mol. The molecule has 0 aliphatic carbocycles. The van der Waals surface area contributed by atoms with E-state index in [1.165, 1.54) is 6.92 Å². The Bertz CT molecular complexity index is 284. The number of pyridine rings is 1. The van der Waals surface area contributed by atoms with Crippen molar-refractivity contribution in [1.82, 2.24) is 4.98 Å². The predicted molar refractivity (Wildman–Crippen MR) is 45.4 cm³/mol. The third-order valence-electron chi connectivity index (χ3n) is 1.40. The molecule has 0 aliphatic rings. The van der Waals surface area contributed by atoms with E-state index in [0.717, 1.165) is 0 Å². The molecule has 1 heterocycles. The lowest BCUT2D eigenvalue weighted by Crippen LogP contribution is -1.98. The normalized spacial score (nSPS) is 9.50. The zero-order chi connectivity index (χ0) is 8.97. The van der Waals surface area contributed by atoms with Crippen LogP contribution in [0.2, 0.25) is 0 Å². The molecular formula is C9H11NO2. The van der Waals surface area contributed by atoms with Gasteiger partial charge in [0.2, 0.25) is 0 Å². The van der Waals surface area contributed by atoms with Crippen LogP contribution in [0.25, 0.3) is 0 Å². The lowest BCUT2D eigenvalue weighted by molar-refractivity contribution is 0.101. The van der Waals surface area contributed by atoms with Gasteiger partial charge in [0.15, 0.2) is 5.78 Å². The number of carbonyl (C=O) groups excluding carboxylic acids is 1. The van der Waals surface area contributed by atoms with Gasteiger partial charge in [0.1, 0.15) is 11.4 Å². The molecule has 0 atom stereocenters. The van der Waals surface area contributed by atoms with E-state index in [2.05, 4.69) is 4.98 Å². The molecule has 3 heteroatoms.